The Bertz CT molecular complexity index is 310. The third-order valence-electron chi connectivity index (χ3n) is 1.92. The maximum Gasteiger partial charge on any atom is 0.143 e. The number of nitriles is 1. The molecule has 0 saturated carbocycles. The van der Waals surface area contributed by atoms with E-state index in [-0.39, 0.29) is 0 Å². The van der Waals surface area contributed by atoms with Crippen molar-refractivity contribution in [2.45, 2.75) is 26.7 Å². The Morgan fingerprint density at radius 2 is 2.17 bits per heavy atom. The van der Waals surface area contributed by atoms with E-state index in [0.717, 1.165) is 18.4 Å². The summed E-state index contributed by atoms with van der Waals surface area (Å²) in [4.78, 5) is 4.08. The number of aromatic nitrogens is 1. The van der Waals surface area contributed by atoms with Crippen LogP contribution in [0.25, 0.3) is 0 Å². The molecule has 0 N–H and O–H groups in total. The molecule has 0 radical (unpaired) electrons. The van der Waals surface area contributed by atoms with E-state index >= 15 is 0 Å². The van der Waals surface area contributed by atoms with Crippen molar-refractivity contribution in [2.75, 3.05) is 0 Å². The van der Waals surface area contributed by atoms with Gasteiger partial charge in [0, 0.05) is 6.20 Å². The van der Waals surface area contributed by atoms with E-state index in [4.69, 9.17) is 5.26 Å². The first-order valence-corrected chi connectivity index (χ1v) is 4.19. The summed E-state index contributed by atoms with van der Waals surface area (Å²) in [6.45, 7) is 4.12. The molecule has 12 heavy (non-hydrogen) atoms. The third kappa shape index (κ3) is 1.62. The van der Waals surface area contributed by atoms with Gasteiger partial charge in [-0.15, -0.1) is 0 Å². The van der Waals surface area contributed by atoms with Crippen LogP contribution in [0.1, 0.15) is 30.7 Å². The first kappa shape index (κ1) is 8.73. The van der Waals surface area contributed by atoms with Crippen LogP contribution in [0.4, 0.5) is 0 Å². The summed E-state index contributed by atoms with van der Waals surface area (Å²) in [6, 6.07) is 4.15. The minimum absolute atomic E-state index is 0.565. The molecule has 0 bridgehead atoms. The SMILES string of the molecule is CCc1cnc(C#N)c(CC)c1. The first-order valence-electron chi connectivity index (χ1n) is 4.19. The van der Waals surface area contributed by atoms with Crippen LogP contribution in [0, 0.1) is 11.3 Å². The number of hydrogen-bond acceptors (Lipinski definition) is 2. The predicted molar refractivity (Wildman–Crippen MR) is 47.7 cm³/mol. The summed E-state index contributed by atoms with van der Waals surface area (Å²) in [5.74, 6) is 0. The lowest BCUT2D eigenvalue weighted by molar-refractivity contribution is 1.03. The van der Waals surface area contributed by atoms with Gasteiger partial charge < -0.3 is 0 Å². The molecule has 0 amide bonds. The number of aryl methyl sites for hydroxylation is 2. The molecule has 1 heterocycles. The Labute approximate surface area is 72.9 Å². The van der Waals surface area contributed by atoms with Crippen LogP contribution in [0.3, 0.4) is 0 Å². The molecule has 2 nitrogen and oxygen atoms in total. The van der Waals surface area contributed by atoms with Crippen molar-refractivity contribution < 1.29 is 0 Å². The van der Waals surface area contributed by atoms with Crippen LogP contribution in [0.2, 0.25) is 0 Å². The van der Waals surface area contributed by atoms with Gasteiger partial charge in [-0.3, -0.25) is 0 Å². The number of hydrogen-bond donors (Lipinski definition) is 0. The predicted octanol–water partition coefficient (Wildman–Crippen LogP) is 2.08. The molecule has 1 aromatic rings. The molecular formula is C10H12N2. The van der Waals surface area contributed by atoms with Crippen LogP contribution >= 0.6 is 0 Å². The first-order chi connectivity index (χ1) is 5.81. The lowest BCUT2D eigenvalue weighted by Gasteiger charge is -2.01. The van der Waals surface area contributed by atoms with Crippen molar-refractivity contribution in [3.63, 3.8) is 0 Å². The Balaban J connectivity index is 3.13. The van der Waals surface area contributed by atoms with Crippen molar-refractivity contribution in [3.8, 4) is 6.07 Å². The van der Waals surface area contributed by atoms with Crippen molar-refractivity contribution in [1.82, 2.24) is 4.98 Å². The zero-order valence-electron chi connectivity index (χ0n) is 7.46. The Kier molecular flexibility index (Phi) is 2.82. The van der Waals surface area contributed by atoms with E-state index in [9.17, 15) is 0 Å². The zero-order chi connectivity index (χ0) is 8.97. The number of nitrogens with zero attached hydrogens (tertiary/aromatic N) is 2. The quantitative estimate of drug-likeness (QED) is 0.664. The van der Waals surface area contributed by atoms with E-state index in [1.165, 1.54) is 5.56 Å². The van der Waals surface area contributed by atoms with Gasteiger partial charge in [0.05, 0.1) is 0 Å². The summed E-state index contributed by atoms with van der Waals surface area (Å²) in [5.41, 5.74) is 2.82. The van der Waals surface area contributed by atoms with Crippen LogP contribution in [0.15, 0.2) is 12.3 Å². The van der Waals surface area contributed by atoms with Crippen molar-refractivity contribution in [3.05, 3.63) is 29.1 Å². The van der Waals surface area contributed by atoms with Crippen molar-refractivity contribution >= 4 is 0 Å². The standard InChI is InChI=1S/C10H12N2/c1-3-8-5-9(4-2)10(6-11)12-7-8/h5,7H,3-4H2,1-2H3. The van der Waals surface area contributed by atoms with Crippen molar-refractivity contribution in [2.24, 2.45) is 0 Å². The van der Waals surface area contributed by atoms with Crippen LogP contribution in [-0.4, -0.2) is 4.98 Å². The van der Waals surface area contributed by atoms with Gasteiger partial charge in [-0.25, -0.2) is 4.98 Å². The van der Waals surface area contributed by atoms with Gasteiger partial charge in [-0.1, -0.05) is 19.9 Å². The lowest BCUT2D eigenvalue weighted by atomic mass is 10.1. The fraction of sp³-hybridized carbons (Fsp3) is 0.400. The Morgan fingerprint density at radius 1 is 1.42 bits per heavy atom. The summed E-state index contributed by atoms with van der Waals surface area (Å²) in [5, 5.41) is 8.70. The molecule has 62 valence electrons. The third-order valence-corrected chi connectivity index (χ3v) is 1.92. The lowest BCUT2D eigenvalue weighted by Crippen LogP contribution is -1.94. The minimum Gasteiger partial charge on any atom is -0.245 e. The number of rotatable bonds is 2. The highest BCUT2D eigenvalue weighted by atomic mass is 14.7. The molecule has 0 aliphatic heterocycles. The van der Waals surface area contributed by atoms with Gasteiger partial charge in [0.25, 0.3) is 0 Å². The summed E-state index contributed by atoms with van der Waals surface area (Å²) in [7, 11) is 0. The maximum absolute atomic E-state index is 8.70. The van der Waals surface area contributed by atoms with E-state index < -0.39 is 0 Å². The number of pyridine rings is 1. The molecule has 2 heteroatoms. The monoisotopic (exact) mass is 160 g/mol. The van der Waals surface area contributed by atoms with Gasteiger partial charge in [-0.05, 0) is 24.0 Å². The molecule has 0 unspecified atom stereocenters. The van der Waals surface area contributed by atoms with E-state index in [0.29, 0.717) is 5.69 Å². The zero-order valence-corrected chi connectivity index (χ0v) is 7.46. The van der Waals surface area contributed by atoms with E-state index in [2.05, 4.69) is 24.0 Å². The molecule has 1 rings (SSSR count). The molecular weight excluding hydrogens is 148 g/mol. The smallest absolute Gasteiger partial charge is 0.143 e. The highest BCUT2D eigenvalue weighted by Crippen LogP contribution is 2.09. The molecule has 0 spiro atoms. The van der Waals surface area contributed by atoms with Crippen LogP contribution in [-0.2, 0) is 12.8 Å². The van der Waals surface area contributed by atoms with E-state index in [1.807, 2.05) is 6.92 Å². The molecule has 0 aliphatic rings. The van der Waals surface area contributed by atoms with Gasteiger partial charge in [0.1, 0.15) is 11.8 Å². The fourth-order valence-corrected chi connectivity index (χ4v) is 1.12. The van der Waals surface area contributed by atoms with Gasteiger partial charge in [0.2, 0.25) is 0 Å². The Morgan fingerprint density at radius 3 is 2.67 bits per heavy atom. The molecule has 0 atom stereocenters. The van der Waals surface area contributed by atoms with Crippen molar-refractivity contribution in [1.29, 1.82) is 5.26 Å². The van der Waals surface area contributed by atoms with E-state index in [1.54, 1.807) is 6.20 Å². The minimum atomic E-state index is 0.565. The maximum atomic E-state index is 8.70. The molecule has 1 aromatic heterocycles. The average Bonchev–Trinajstić information content (AvgIpc) is 2.16. The topological polar surface area (TPSA) is 36.7 Å². The highest BCUT2D eigenvalue weighted by molar-refractivity contribution is 5.33. The Hall–Kier alpha value is -1.36. The van der Waals surface area contributed by atoms with Gasteiger partial charge in [0.15, 0.2) is 0 Å². The van der Waals surface area contributed by atoms with Gasteiger partial charge >= 0.3 is 0 Å². The molecule has 0 aromatic carbocycles. The largest absolute Gasteiger partial charge is 0.245 e. The molecule has 0 fully saturated rings. The summed E-state index contributed by atoms with van der Waals surface area (Å²) >= 11 is 0. The van der Waals surface area contributed by atoms with Gasteiger partial charge in [-0.2, -0.15) is 5.26 Å². The summed E-state index contributed by atoms with van der Waals surface area (Å²) < 4.78 is 0. The van der Waals surface area contributed by atoms with Crippen LogP contribution in [0.5, 0.6) is 0 Å². The molecule has 0 saturated heterocycles. The highest BCUT2D eigenvalue weighted by Gasteiger charge is 2.01. The average molecular weight is 160 g/mol. The second kappa shape index (κ2) is 3.87. The second-order valence-corrected chi connectivity index (χ2v) is 2.67. The normalized spacial score (nSPS) is 9.42. The molecule has 0 aliphatic carbocycles. The van der Waals surface area contributed by atoms with Crippen LogP contribution < -0.4 is 0 Å². The fourth-order valence-electron chi connectivity index (χ4n) is 1.12. The second-order valence-electron chi connectivity index (χ2n) is 2.67. The summed E-state index contributed by atoms with van der Waals surface area (Å²) in [6.07, 6.45) is 3.63.